The zero-order valence-electron chi connectivity index (χ0n) is 8.03. The van der Waals surface area contributed by atoms with E-state index in [-0.39, 0.29) is 5.92 Å². The van der Waals surface area contributed by atoms with E-state index < -0.39 is 0 Å². The molecule has 0 spiro atoms. The summed E-state index contributed by atoms with van der Waals surface area (Å²) in [7, 11) is 0. The fourth-order valence-corrected chi connectivity index (χ4v) is 1.83. The number of phenols is 1. The Bertz CT molecular complexity index is 405. The highest BCUT2D eigenvalue weighted by Gasteiger charge is 2.17. The third kappa shape index (κ3) is 1.43. The summed E-state index contributed by atoms with van der Waals surface area (Å²) in [5.74, 6) is 0.542. The van der Waals surface area contributed by atoms with Gasteiger partial charge in [-0.15, -0.1) is 0 Å². The molecule has 0 radical (unpaired) electrons. The molecule has 72 valence electrons. The van der Waals surface area contributed by atoms with Crippen molar-refractivity contribution in [2.75, 3.05) is 0 Å². The minimum absolute atomic E-state index is 0.252. The van der Waals surface area contributed by atoms with Crippen LogP contribution in [-0.2, 0) is 11.2 Å². The van der Waals surface area contributed by atoms with Crippen LogP contribution in [0.25, 0.3) is 6.08 Å². The third-order valence-corrected chi connectivity index (χ3v) is 2.68. The number of allylic oxidation sites excluding steroid dienone is 1. The molecule has 2 nitrogen and oxygen atoms in total. The lowest BCUT2D eigenvalue weighted by Crippen LogP contribution is -2.10. The van der Waals surface area contributed by atoms with E-state index in [0.717, 1.165) is 29.4 Å². The van der Waals surface area contributed by atoms with Crippen LogP contribution in [0.2, 0.25) is 0 Å². The second kappa shape index (κ2) is 3.29. The first-order chi connectivity index (χ1) is 6.70. The van der Waals surface area contributed by atoms with Crippen molar-refractivity contribution < 1.29 is 9.90 Å². The van der Waals surface area contributed by atoms with E-state index in [2.05, 4.69) is 0 Å². The summed E-state index contributed by atoms with van der Waals surface area (Å²) >= 11 is 0. The van der Waals surface area contributed by atoms with Gasteiger partial charge < -0.3 is 5.11 Å². The molecular formula is C12H12O2. The highest BCUT2D eigenvalue weighted by atomic mass is 16.3. The van der Waals surface area contributed by atoms with Crippen molar-refractivity contribution in [3.63, 3.8) is 0 Å². The zero-order chi connectivity index (χ0) is 10.1. The van der Waals surface area contributed by atoms with Gasteiger partial charge in [0.05, 0.1) is 0 Å². The van der Waals surface area contributed by atoms with Crippen LogP contribution < -0.4 is 0 Å². The second-order valence-electron chi connectivity index (χ2n) is 3.75. The standard InChI is InChI=1S/C12H12O2/c1-8-4-10-6-12(14)3-2-9(10)5-11(8)7-13/h2-3,5-8,14H,4H2,1H3/t8-/m1/s1. The predicted octanol–water partition coefficient (Wildman–Crippen LogP) is 2.17. The van der Waals surface area contributed by atoms with Crippen LogP contribution in [0.1, 0.15) is 18.1 Å². The maximum atomic E-state index is 10.7. The molecule has 1 aliphatic carbocycles. The van der Waals surface area contributed by atoms with Gasteiger partial charge >= 0.3 is 0 Å². The molecule has 2 heteroatoms. The average molecular weight is 188 g/mol. The SMILES string of the molecule is C[C@@H]1Cc2cc(O)ccc2C=C1C=O. The van der Waals surface area contributed by atoms with Crippen LogP contribution in [0.3, 0.4) is 0 Å². The van der Waals surface area contributed by atoms with Crippen LogP contribution in [0, 0.1) is 5.92 Å². The molecular weight excluding hydrogens is 176 g/mol. The molecule has 1 atom stereocenters. The molecule has 2 rings (SSSR count). The molecule has 0 bridgehead atoms. The number of carbonyl (C=O) groups is 1. The lowest BCUT2D eigenvalue weighted by molar-refractivity contribution is -0.105. The van der Waals surface area contributed by atoms with Crippen molar-refractivity contribution in [1.29, 1.82) is 0 Å². The summed E-state index contributed by atoms with van der Waals surface area (Å²) in [4.78, 5) is 10.7. The van der Waals surface area contributed by atoms with Crippen LogP contribution in [0.4, 0.5) is 0 Å². The van der Waals surface area contributed by atoms with E-state index in [1.807, 2.05) is 19.1 Å². The Balaban J connectivity index is 2.50. The first kappa shape index (κ1) is 9.00. The molecule has 1 N–H and O–H groups in total. The molecule has 0 saturated carbocycles. The number of hydrogen-bond donors (Lipinski definition) is 1. The van der Waals surface area contributed by atoms with E-state index in [9.17, 15) is 9.90 Å². The van der Waals surface area contributed by atoms with Gasteiger partial charge in [-0.25, -0.2) is 0 Å². The molecule has 1 aromatic carbocycles. The Morgan fingerprint density at radius 2 is 2.29 bits per heavy atom. The van der Waals surface area contributed by atoms with Crippen molar-refractivity contribution >= 4 is 12.4 Å². The molecule has 0 aromatic heterocycles. The van der Waals surface area contributed by atoms with Gasteiger partial charge in [-0.1, -0.05) is 13.0 Å². The van der Waals surface area contributed by atoms with Crippen LogP contribution in [-0.4, -0.2) is 11.4 Å². The van der Waals surface area contributed by atoms with Gasteiger partial charge in [-0.3, -0.25) is 4.79 Å². The Kier molecular flexibility index (Phi) is 2.12. The van der Waals surface area contributed by atoms with Crippen molar-refractivity contribution in [3.8, 4) is 5.75 Å². The summed E-state index contributed by atoms with van der Waals surface area (Å²) in [5.41, 5.74) is 2.99. The van der Waals surface area contributed by atoms with Gasteiger partial charge in [0.1, 0.15) is 12.0 Å². The highest BCUT2D eigenvalue weighted by Crippen LogP contribution is 2.29. The minimum Gasteiger partial charge on any atom is -0.508 e. The summed E-state index contributed by atoms with van der Waals surface area (Å²) in [6.45, 7) is 2.02. The first-order valence-electron chi connectivity index (χ1n) is 4.69. The normalized spacial score (nSPS) is 19.8. The number of fused-ring (bicyclic) bond motifs is 1. The summed E-state index contributed by atoms with van der Waals surface area (Å²) in [6, 6.07) is 5.26. The van der Waals surface area contributed by atoms with E-state index >= 15 is 0 Å². The Labute approximate surface area is 82.9 Å². The van der Waals surface area contributed by atoms with E-state index in [1.165, 1.54) is 0 Å². The average Bonchev–Trinajstić information content (AvgIpc) is 2.16. The second-order valence-corrected chi connectivity index (χ2v) is 3.75. The molecule has 0 saturated heterocycles. The highest BCUT2D eigenvalue weighted by molar-refractivity contribution is 5.84. The van der Waals surface area contributed by atoms with Crippen LogP contribution >= 0.6 is 0 Å². The third-order valence-electron chi connectivity index (χ3n) is 2.68. The predicted molar refractivity (Wildman–Crippen MR) is 55.0 cm³/mol. The smallest absolute Gasteiger partial charge is 0.146 e. The first-order valence-corrected chi connectivity index (χ1v) is 4.69. The number of phenolic OH excluding ortho intramolecular Hbond substituents is 1. The molecule has 0 aliphatic heterocycles. The maximum absolute atomic E-state index is 10.7. The summed E-state index contributed by atoms with van der Waals surface area (Å²) in [6.07, 6.45) is 3.64. The lowest BCUT2D eigenvalue weighted by atomic mass is 9.85. The Morgan fingerprint density at radius 3 is 3.00 bits per heavy atom. The van der Waals surface area contributed by atoms with Gasteiger partial charge in [-0.05, 0) is 47.2 Å². The fraction of sp³-hybridized carbons (Fsp3) is 0.250. The van der Waals surface area contributed by atoms with E-state index in [0.29, 0.717) is 5.75 Å². The minimum atomic E-state index is 0.252. The number of rotatable bonds is 1. The van der Waals surface area contributed by atoms with Crippen molar-refractivity contribution in [1.82, 2.24) is 0 Å². The number of aromatic hydroxyl groups is 1. The molecule has 1 aromatic rings. The molecule has 1 aliphatic rings. The van der Waals surface area contributed by atoms with Crippen LogP contribution in [0.5, 0.6) is 5.75 Å². The Morgan fingerprint density at radius 1 is 1.50 bits per heavy atom. The maximum Gasteiger partial charge on any atom is 0.146 e. The zero-order valence-corrected chi connectivity index (χ0v) is 8.03. The molecule has 0 heterocycles. The molecule has 0 fully saturated rings. The van der Waals surface area contributed by atoms with Gasteiger partial charge in [-0.2, -0.15) is 0 Å². The van der Waals surface area contributed by atoms with Crippen molar-refractivity contribution in [3.05, 3.63) is 34.9 Å². The van der Waals surface area contributed by atoms with Gasteiger partial charge in [0.25, 0.3) is 0 Å². The topological polar surface area (TPSA) is 37.3 Å². The van der Waals surface area contributed by atoms with Gasteiger partial charge in [0, 0.05) is 0 Å². The summed E-state index contributed by atoms with van der Waals surface area (Å²) in [5, 5.41) is 9.31. The lowest BCUT2D eigenvalue weighted by Gasteiger charge is -2.19. The number of carbonyl (C=O) groups excluding carboxylic acids is 1. The molecule has 0 amide bonds. The summed E-state index contributed by atoms with van der Waals surface area (Å²) < 4.78 is 0. The van der Waals surface area contributed by atoms with E-state index in [1.54, 1.807) is 12.1 Å². The fourth-order valence-electron chi connectivity index (χ4n) is 1.83. The molecule has 14 heavy (non-hydrogen) atoms. The van der Waals surface area contributed by atoms with Crippen molar-refractivity contribution in [2.24, 2.45) is 5.92 Å². The monoisotopic (exact) mass is 188 g/mol. The quantitative estimate of drug-likeness (QED) is 0.686. The van der Waals surface area contributed by atoms with E-state index in [4.69, 9.17) is 0 Å². The molecule has 0 unspecified atom stereocenters. The van der Waals surface area contributed by atoms with Crippen LogP contribution in [0.15, 0.2) is 23.8 Å². The largest absolute Gasteiger partial charge is 0.508 e. The van der Waals surface area contributed by atoms with Crippen molar-refractivity contribution in [2.45, 2.75) is 13.3 Å². The number of aldehydes is 1. The van der Waals surface area contributed by atoms with Gasteiger partial charge in [0.15, 0.2) is 0 Å². The Hall–Kier alpha value is -1.57. The van der Waals surface area contributed by atoms with Gasteiger partial charge in [0.2, 0.25) is 0 Å². The number of hydrogen-bond acceptors (Lipinski definition) is 2. The number of benzene rings is 1.